The highest BCUT2D eigenvalue weighted by Gasteiger charge is 2.40. The molecule has 0 unspecified atom stereocenters. The molecule has 0 aromatic heterocycles. The van der Waals surface area contributed by atoms with Crippen LogP contribution in [-0.4, -0.2) is 36.5 Å². The Hall–Kier alpha value is -1.20. The van der Waals surface area contributed by atoms with Crippen molar-refractivity contribution in [1.29, 1.82) is 0 Å². The maximum Gasteiger partial charge on any atom is 0.257 e. The summed E-state index contributed by atoms with van der Waals surface area (Å²) in [4.78, 5) is 14.0. The number of amides is 1. The fourth-order valence-corrected chi connectivity index (χ4v) is 3.09. The zero-order valence-electron chi connectivity index (χ0n) is 10.1. The van der Waals surface area contributed by atoms with Gasteiger partial charge in [0.05, 0.1) is 10.6 Å². The monoisotopic (exact) mass is 286 g/mol. The van der Waals surface area contributed by atoms with E-state index in [4.69, 9.17) is 11.6 Å². The maximum atomic E-state index is 13.8. The van der Waals surface area contributed by atoms with Crippen molar-refractivity contribution in [3.8, 4) is 0 Å². The predicted molar refractivity (Wildman–Crippen MR) is 67.2 cm³/mol. The molecule has 6 heteroatoms. The number of rotatable bonds is 1. The molecule has 1 N–H and O–H groups in total. The summed E-state index contributed by atoms with van der Waals surface area (Å²) in [5.41, 5.74) is -0.241. The number of nitrogens with zero attached hydrogens (tertiary/aromatic N) is 1. The molecule has 2 aliphatic heterocycles. The van der Waals surface area contributed by atoms with E-state index in [1.807, 2.05) is 0 Å². The van der Waals surface area contributed by atoms with Gasteiger partial charge in [-0.2, -0.15) is 0 Å². The van der Waals surface area contributed by atoms with Crippen molar-refractivity contribution in [3.05, 3.63) is 34.4 Å². The van der Waals surface area contributed by atoms with E-state index in [0.717, 1.165) is 25.1 Å². The van der Waals surface area contributed by atoms with E-state index >= 15 is 0 Å². The van der Waals surface area contributed by atoms with Gasteiger partial charge in [0.2, 0.25) is 0 Å². The van der Waals surface area contributed by atoms with Crippen molar-refractivity contribution in [3.63, 3.8) is 0 Å². The lowest BCUT2D eigenvalue weighted by atomic mass is 10.0. The summed E-state index contributed by atoms with van der Waals surface area (Å²) >= 11 is 5.49. The first-order valence-electron chi connectivity index (χ1n) is 6.24. The van der Waals surface area contributed by atoms with Crippen LogP contribution in [0.25, 0.3) is 0 Å². The molecule has 0 saturated carbocycles. The van der Waals surface area contributed by atoms with Gasteiger partial charge in [-0.05, 0) is 24.5 Å². The van der Waals surface area contributed by atoms with Gasteiger partial charge < -0.3 is 10.2 Å². The second-order valence-corrected chi connectivity index (χ2v) is 5.43. The van der Waals surface area contributed by atoms with Gasteiger partial charge in [-0.15, -0.1) is 0 Å². The predicted octanol–water partition coefficient (Wildman–Crippen LogP) is 2.05. The van der Waals surface area contributed by atoms with Gasteiger partial charge in [0.25, 0.3) is 5.91 Å². The lowest BCUT2D eigenvalue weighted by Crippen LogP contribution is -2.39. The molecule has 0 bridgehead atoms. The normalized spacial score (nSPS) is 25.7. The molecule has 0 spiro atoms. The van der Waals surface area contributed by atoms with Crippen LogP contribution >= 0.6 is 11.6 Å². The van der Waals surface area contributed by atoms with Crippen LogP contribution in [0.4, 0.5) is 8.78 Å². The van der Waals surface area contributed by atoms with Gasteiger partial charge in [0.15, 0.2) is 0 Å². The standard InChI is InChI=1S/C13H13ClF2N2O/c14-9-4-10(15)8(3-11(9)16)13(19)18-2-1-7-5-17-6-12(7)18/h3-4,7,12,17H,1-2,5-6H2/t7-,12+/m0/s1. The molecule has 2 saturated heterocycles. The molecule has 0 radical (unpaired) electrons. The first-order chi connectivity index (χ1) is 9.08. The third kappa shape index (κ3) is 2.11. The zero-order chi connectivity index (χ0) is 13.6. The Bertz CT molecular complexity index is 538. The molecular weight excluding hydrogens is 274 g/mol. The number of hydrogen-bond donors (Lipinski definition) is 1. The number of nitrogens with one attached hydrogen (secondary N) is 1. The third-order valence-electron chi connectivity index (χ3n) is 3.95. The highest BCUT2D eigenvalue weighted by atomic mass is 35.5. The first-order valence-corrected chi connectivity index (χ1v) is 6.62. The first kappa shape index (κ1) is 12.8. The fourth-order valence-electron chi connectivity index (χ4n) is 2.94. The molecule has 1 aromatic rings. The van der Waals surface area contributed by atoms with Gasteiger partial charge in [-0.25, -0.2) is 8.78 Å². The van der Waals surface area contributed by atoms with E-state index in [1.54, 1.807) is 4.90 Å². The van der Waals surface area contributed by atoms with Crippen LogP contribution in [0.5, 0.6) is 0 Å². The van der Waals surface area contributed by atoms with Crippen molar-refractivity contribution in [1.82, 2.24) is 10.2 Å². The third-order valence-corrected chi connectivity index (χ3v) is 4.24. The number of halogens is 3. The van der Waals surface area contributed by atoms with E-state index < -0.39 is 17.5 Å². The van der Waals surface area contributed by atoms with E-state index in [9.17, 15) is 13.6 Å². The number of likely N-dealkylation sites (tertiary alicyclic amines) is 1. The quantitative estimate of drug-likeness (QED) is 0.802. The Morgan fingerprint density at radius 1 is 1.32 bits per heavy atom. The smallest absolute Gasteiger partial charge is 0.257 e. The Morgan fingerprint density at radius 3 is 2.89 bits per heavy atom. The van der Waals surface area contributed by atoms with Gasteiger partial charge in [-0.3, -0.25) is 4.79 Å². The highest BCUT2D eigenvalue weighted by molar-refractivity contribution is 6.30. The molecule has 3 rings (SSSR count). The Labute approximate surface area is 114 Å². The number of carbonyl (C=O) groups is 1. The molecule has 1 amide bonds. The maximum absolute atomic E-state index is 13.8. The Balaban J connectivity index is 1.90. The van der Waals surface area contributed by atoms with Crippen LogP contribution in [0.3, 0.4) is 0 Å². The summed E-state index contributed by atoms with van der Waals surface area (Å²) in [6, 6.07) is 1.82. The second kappa shape index (κ2) is 4.72. The number of carbonyl (C=O) groups excluding carboxylic acids is 1. The van der Waals surface area contributed by atoms with E-state index in [2.05, 4.69) is 5.32 Å². The fraction of sp³-hybridized carbons (Fsp3) is 0.462. The molecule has 19 heavy (non-hydrogen) atoms. The van der Waals surface area contributed by atoms with Crippen molar-refractivity contribution in [2.45, 2.75) is 12.5 Å². The van der Waals surface area contributed by atoms with E-state index in [-0.39, 0.29) is 16.6 Å². The minimum atomic E-state index is -0.772. The Kier molecular flexibility index (Phi) is 3.19. The average Bonchev–Trinajstić information content (AvgIpc) is 2.95. The second-order valence-electron chi connectivity index (χ2n) is 5.02. The summed E-state index contributed by atoms with van der Waals surface area (Å²) < 4.78 is 27.2. The SMILES string of the molecule is O=C(c1cc(F)c(Cl)cc1F)N1CC[C@H]2CNC[C@H]21. The molecule has 102 valence electrons. The van der Waals surface area contributed by atoms with Crippen molar-refractivity contribution in [2.75, 3.05) is 19.6 Å². The van der Waals surface area contributed by atoms with Crippen molar-refractivity contribution in [2.24, 2.45) is 5.92 Å². The van der Waals surface area contributed by atoms with Crippen LogP contribution in [0.15, 0.2) is 12.1 Å². The number of hydrogen-bond acceptors (Lipinski definition) is 2. The minimum Gasteiger partial charge on any atom is -0.334 e. The molecule has 2 aliphatic rings. The minimum absolute atomic E-state index is 0.0886. The van der Waals surface area contributed by atoms with Crippen LogP contribution < -0.4 is 5.32 Å². The summed E-state index contributed by atoms with van der Waals surface area (Å²) in [7, 11) is 0. The highest BCUT2D eigenvalue weighted by Crippen LogP contribution is 2.29. The van der Waals surface area contributed by atoms with Gasteiger partial charge in [-0.1, -0.05) is 11.6 Å². The van der Waals surface area contributed by atoms with Crippen molar-refractivity contribution < 1.29 is 13.6 Å². The molecule has 2 atom stereocenters. The van der Waals surface area contributed by atoms with Crippen LogP contribution in [0, 0.1) is 17.6 Å². The summed E-state index contributed by atoms with van der Waals surface area (Å²) in [5, 5.41) is 2.90. The van der Waals surface area contributed by atoms with Gasteiger partial charge >= 0.3 is 0 Å². The average molecular weight is 287 g/mol. The number of fused-ring (bicyclic) bond motifs is 1. The number of benzene rings is 1. The largest absolute Gasteiger partial charge is 0.334 e. The molecule has 2 fully saturated rings. The lowest BCUT2D eigenvalue weighted by Gasteiger charge is -2.23. The molecule has 1 aromatic carbocycles. The molecule has 2 heterocycles. The summed E-state index contributed by atoms with van der Waals surface area (Å²) in [6.07, 6.45) is 0.904. The van der Waals surface area contributed by atoms with Crippen LogP contribution in [-0.2, 0) is 0 Å². The summed E-state index contributed by atoms with van der Waals surface area (Å²) in [6.45, 7) is 2.19. The molecular formula is C13H13ClF2N2O. The summed E-state index contributed by atoms with van der Waals surface area (Å²) in [5.74, 6) is -1.58. The molecule has 3 nitrogen and oxygen atoms in total. The lowest BCUT2D eigenvalue weighted by molar-refractivity contribution is 0.0731. The zero-order valence-corrected chi connectivity index (χ0v) is 10.9. The molecule has 0 aliphatic carbocycles. The van der Waals surface area contributed by atoms with Crippen LogP contribution in [0.2, 0.25) is 5.02 Å². The van der Waals surface area contributed by atoms with Gasteiger partial charge in [0, 0.05) is 25.7 Å². The van der Waals surface area contributed by atoms with Crippen LogP contribution in [0.1, 0.15) is 16.8 Å². The van der Waals surface area contributed by atoms with Crippen molar-refractivity contribution >= 4 is 17.5 Å². The Morgan fingerprint density at radius 2 is 2.11 bits per heavy atom. The van der Waals surface area contributed by atoms with E-state index in [1.165, 1.54) is 0 Å². The van der Waals surface area contributed by atoms with Gasteiger partial charge in [0.1, 0.15) is 11.6 Å². The topological polar surface area (TPSA) is 32.3 Å². The van der Waals surface area contributed by atoms with E-state index in [0.29, 0.717) is 19.0 Å².